The summed E-state index contributed by atoms with van der Waals surface area (Å²) in [7, 11) is 3.76. The molecule has 26 heavy (non-hydrogen) atoms. The third kappa shape index (κ3) is 3.26. The van der Waals surface area contributed by atoms with Crippen LogP contribution in [0.25, 0.3) is 5.65 Å². The Morgan fingerprint density at radius 2 is 1.88 bits per heavy atom. The fourth-order valence-corrected chi connectivity index (χ4v) is 2.47. The molecule has 0 spiro atoms. The molecule has 1 N–H and O–H groups in total. The Labute approximate surface area is 147 Å². The summed E-state index contributed by atoms with van der Waals surface area (Å²) in [4.78, 5) is 6.11. The smallest absolute Gasteiger partial charge is 0.364 e. The van der Waals surface area contributed by atoms with E-state index in [0.29, 0.717) is 17.9 Å². The van der Waals surface area contributed by atoms with Gasteiger partial charge in [0.05, 0.1) is 0 Å². The van der Waals surface area contributed by atoms with E-state index in [1.165, 1.54) is 0 Å². The van der Waals surface area contributed by atoms with Crippen molar-refractivity contribution in [2.45, 2.75) is 26.6 Å². The van der Waals surface area contributed by atoms with E-state index in [1.54, 1.807) is 20.0 Å². The lowest BCUT2D eigenvalue weighted by Gasteiger charge is -2.14. The molecule has 138 valence electrons. The Hall–Kier alpha value is -2.91. The lowest BCUT2D eigenvalue weighted by molar-refractivity contribution is -0.146. The van der Waals surface area contributed by atoms with Crippen LogP contribution >= 0.6 is 0 Å². The number of aromatic nitrogens is 5. The van der Waals surface area contributed by atoms with Crippen LogP contribution < -0.4 is 10.2 Å². The molecule has 0 aliphatic rings. The topological polar surface area (TPSA) is 71.2 Å². The molecule has 3 aromatic heterocycles. The second kappa shape index (κ2) is 6.43. The Bertz CT molecular complexity index is 947. The number of aryl methyl sites for hydroxylation is 1. The SMILES string of the molecule is Cc1c(NCc2ccnc(N(C)C)c2)nn2c(C(F)(F)F)nnc2c1C. The third-order valence-electron chi connectivity index (χ3n) is 4.08. The minimum absolute atomic E-state index is 0.0965. The van der Waals surface area contributed by atoms with E-state index < -0.39 is 12.0 Å². The number of alkyl halides is 3. The quantitative estimate of drug-likeness (QED) is 0.767. The van der Waals surface area contributed by atoms with Crippen LogP contribution in [0.1, 0.15) is 22.5 Å². The lowest BCUT2D eigenvalue weighted by atomic mass is 10.2. The molecular weight excluding hydrogens is 347 g/mol. The number of nitrogens with zero attached hydrogens (tertiary/aromatic N) is 6. The molecule has 7 nitrogen and oxygen atoms in total. The summed E-state index contributed by atoms with van der Waals surface area (Å²) in [5.74, 6) is -0.000230. The van der Waals surface area contributed by atoms with Crippen molar-refractivity contribution in [3.8, 4) is 0 Å². The molecule has 0 aliphatic carbocycles. The van der Waals surface area contributed by atoms with Crippen molar-refractivity contribution in [1.82, 2.24) is 24.8 Å². The average molecular weight is 365 g/mol. The standard InChI is InChI=1S/C16H18F3N7/c1-9-10(2)14-22-23-15(16(17,18)19)26(14)24-13(9)21-8-11-5-6-20-12(7-11)25(3)4/h5-7H,8H2,1-4H3,(H,21,24). The van der Waals surface area contributed by atoms with Gasteiger partial charge in [0.1, 0.15) is 5.82 Å². The summed E-state index contributed by atoms with van der Waals surface area (Å²) in [6, 6.07) is 3.73. The van der Waals surface area contributed by atoms with Crippen molar-refractivity contribution in [3.05, 3.63) is 40.8 Å². The van der Waals surface area contributed by atoms with Crippen molar-refractivity contribution in [3.63, 3.8) is 0 Å². The van der Waals surface area contributed by atoms with Crippen molar-refractivity contribution < 1.29 is 13.2 Å². The molecule has 3 rings (SSSR count). The van der Waals surface area contributed by atoms with Gasteiger partial charge in [0, 0.05) is 32.4 Å². The Morgan fingerprint density at radius 3 is 2.54 bits per heavy atom. The predicted molar refractivity (Wildman–Crippen MR) is 91.1 cm³/mol. The number of hydrogen-bond donors (Lipinski definition) is 1. The van der Waals surface area contributed by atoms with Crippen molar-refractivity contribution >= 4 is 17.3 Å². The largest absolute Gasteiger partial charge is 0.453 e. The van der Waals surface area contributed by atoms with Gasteiger partial charge in [-0.15, -0.1) is 15.3 Å². The van der Waals surface area contributed by atoms with Crippen molar-refractivity contribution in [2.75, 3.05) is 24.3 Å². The van der Waals surface area contributed by atoms with Gasteiger partial charge in [-0.2, -0.15) is 17.7 Å². The van der Waals surface area contributed by atoms with E-state index in [2.05, 4.69) is 25.6 Å². The molecule has 0 amide bonds. The lowest BCUT2D eigenvalue weighted by Crippen LogP contribution is -2.15. The first-order valence-corrected chi connectivity index (χ1v) is 7.84. The van der Waals surface area contributed by atoms with Gasteiger partial charge in [0.25, 0.3) is 5.82 Å². The highest BCUT2D eigenvalue weighted by Gasteiger charge is 2.38. The van der Waals surface area contributed by atoms with E-state index in [4.69, 9.17) is 0 Å². The van der Waals surface area contributed by atoms with Crippen molar-refractivity contribution in [1.29, 1.82) is 0 Å². The van der Waals surface area contributed by atoms with Gasteiger partial charge in [-0.25, -0.2) is 4.98 Å². The van der Waals surface area contributed by atoms with Gasteiger partial charge in [-0.05, 0) is 37.1 Å². The summed E-state index contributed by atoms with van der Waals surface area (Å²) >= 11 is 0. The number of anilines is 2. The highest BCUT2D eigenvalue weighted by Crippen LogP contribution is 2.29. The molecule has 0 unspecified atom stereocenters. The van der Waals surface area contributed by atoms with Crippen LogP contribution in [0.4, 0.5) is 24.8 Å². The highest BCUT2D eigenvalue weighted by molar-refractivity contribution is 5.58. The number of rotatable bonds is 4. The van der Waals surface area contributed by atoms with E-state index in [-0.39, 0.29) is 5.65 Å². The average Bonchev–Trinajstić information content (AvgIpc) is 3.01. The summed E-state index contributed by atoms with van der Waals surface area (Å²) in [6.07, 6.45) is -2.94. The predicted octanol–water partition coefficient (Wildman–Crippen LogP) is 2.83. The minimum Gasteiger partial charge on any atom is -0.364 e. The first-order chi connectivity index (χ1) is 12.2. The summed E-state index contributed by atoms with van der Waals surface area (Å²) in [6.45, 7) is 3.87. The second-order valence-electron chi connectivity index (χ2n) is 6.13. The van der Waals surface area contributed by atoms with Crippen LogP contribution in [0.2, 0.25) is 0 Å². The maximum atomic E-state index is 13.1. The molecule has 0 saturated heterocycles. The van der Waals surface area contributed by atoms with Gasteiger partial charge >= 0.3 is 6.18 Å². The number of pyridine rings is 1. The van der Waals surface area contributed by atoms with Gasteiger partial charge in [-0.1, -0.05) is 0 Å². The Kier molecular flexibility index (Phi) is 4.43. The fraction of sp³-hybridized carbons (Fsp3) is 0.375. The molecule has 0 fully saturated rings. The molecule has 0 aliphatic heterocycles. The van der Waals surface area contributed by atoms with Crippen LogP contribution in [0, 0.1) is 13.8 Å². The molecule has 0 saturated carbocycles. The zero-order valence-corrected chi connectivity index (χ0v) is 14.8. The van der Waals surface area contributed by atoms with Crippen LogP contribution in [0.5, 0.6) is 0 Å². The molecule has 3 heterocycles. The second-order valence-corrected chi connectivity index (χ2v) is 6.13. The van der Waals surface area contributed by atoms with Crippen LogP contribution in [0.15, 0.2) is 18.3 Å². The van der Waals surface area contributed by atoms with E-state index in [9.17, 15) is 13.2 Å². The molecule has 0 aromatic carbocycles. The zero-order chi connectivity index (χ0) is 19.1. The maximum absolute atomic E-state index is 13.1. The van der Waals surface area contributed by atoms with Crippen LogP contribution in [0.3, 0.4) is 0 Å². The molecule has 0 radical (unpaired) electrons. The fourth-order valence-electron chi connectivity index (χ4n) is 2.47. The monoisotopic (exact) mass is 365 g/mol. The number of nitrogens with one attached hydrogen (secondary N) is 1. The summed E-state index contributed by atoms with van der Waals surface area (Å²) in [5.41, 5.74) is 2.34. The van der Waals surface area contributed by atoms with Crippen LogP contribution in [-0.4, -0.2) is 38.9 Å². The first-order valence-electron chi connectivity index (χ1n) is 7.84. The van der Waals surface area contributed by atoms with Crippen LogP contribution in [-0.2, 0) is 12.7 Å². The van der Waals surface area contributed by atoms with Gasteiger partial charge in [0.15, 0.2) is 11.5 Å². The highest BCUT2D eigenvalue weighted by atomic mass is 19.4. The van der Waals surface area contributed by atoms with Gasteiger partial charge in [-0.3, -0.25) is 0 Å². The van der Waals surface area contributed by atoms with Crippen molar-refractivity contribution in [2.24, 2.45) is 0 Å². The first kappa shape index (κ1) is 17.9. The Balaban J connectivity index is 1.95. The summed E-state index contributed by atoms with van der Waals surface area (Å²) < 4.78 is 40.0. The molecule has 3 aromatic rings. The third-order valence-corrected chi connectivity index (χ3v) is 4.08. The normalized spacial score (nSPS) is 11.8. The van der Waals surface area contributed by atoms with E-state index in [0.717, 1.165) is 21.5 Å². The minimum atomic E-state index is -4.63. The summed E-state index contributed by atoms with van der Waals surface area (Å²) in [5, 5.41) is 14.0. The Morgan fingerprint density at radius 1 is 1.15 bits per heavy atom. The van der Waals surface area contributed by atoms with E-state index in [1.807, 2.05) is 31.1 Å². The zero-order valence-electron chi connectivity index (χ0n) is 14.8. The molecule has 10 heteroatoms. The number of hydrogen-bond acceptors (Lipinski definition) is 6. The number of fused-ring (bicyclic) bond motifs is 1. The van der Waals surface area contributed by atoms with Gasteiger partial charge < -0.3 is 10.2 Å². The van der Waals surface area contributed by atoms with E-state index >= 15 is 0 Å². The van der Waals surface area contributed by atoms with Gasteiger partial charge in [0.2, 0.25) is 0 Å². The molecule has 0 bridgehead atoms. The molecule has 0 atom stereocenters. The molecular formula is C16H18F3N7. The number of halogens is 3. The maximum Gasteiger partial charge on any atom is 0.453 e.